The summed E-state index contributed by atoms with van der Waals surface area (Å²) in [5, 5.41) is 0. The van der Waals surface area contributed by atoms with Gasteiger partial charge in [0.25, 0.3) is 0 Å². The smallest absolute Gasteiger partial charge is 0.404 e. The largest absolute Gasteiger partial charge is 0.449 e. The molecular formula is C10H11N3O2. The van der Waals surface area contributed by atoms with Gasteiger partial charge in [-0.25, -0.2) is 9.78 Å². The van der Waals surface area contributed by atoms with Crippen LogP contribution in [0, 0.1) is 0 Å². The molecule has 1 aromatic carbocycles. The Hall–Kier alpha value is -2.04. The first-order valence-corrected chi connectivity index (χ1v) is 4.61. The van der Waals surface area contributed by atoms with E-state index in [4.69, 9.17) is 5.73 Å². The molecule has 0 unspecified atom stereocenters. The fourth-order valence-electron chi connectivity index (χ4n) is 1.37. The fraction of sp³-hybridized carbons (Fsp3) is 0.200. The molecule has 5 nitrogen and oxygen atoms in total. The van der Waals surface area contributed by atoms with Crippen molar-refractivity contribution in [1.29, 1.82) is 0 Å². The Balaban J connectivity index is 2.05. The molecule has 1 heterocycles. The third-order valence-corrected chi connectivity index (χ3v) is 2.02. The zero-order chi connectivity index (χ0) is 10.7. The molecule has 3 N–H and O–H groups in total. The second-order valence-electron chi connectivity index (χ2n) is 3.12. The molecule has 0 saturated heterocycles. The lowest BCUT2D eigenvalue weighted by molar-refractivity contribution is 0.157. The third kappa shape index (κ3) is 2.25. The summed E-state index contributed by atoms with van der Waals surface area (Å²) in [5.41, 5.74) is 6.73. The van der Waals surface area contributed by atoms with E-state index in [9.17, 15) is 4.79 Å². The summed E-state index contributed by atoms with van der Waals surface area (Å²) >= 11 is 0. The number of hydrogen-bond acceptors (Lipinski definition) is 3. The van der Waals surface area contributed by atoms with Gasteiger partial charge in [-0.15, -0.1) is 0 Å². The van der Waals surface area contributed by atoms with Crippen molar-refractivity contribution in [3.63, 3.8) is 0 Å². The predicted octanol–water partition coefficient (Wildman–Crippen LogP) is 1.20. The maximum Gasteiger partial charge on any atom is 0.404 e. The second kappa shape index (κ2) is 4.00. The van der Waals surface area contributed by atoms with E-state index in [1.165, 1.54) is 0 Å². The summed E-state index contributed by atoms with van der Waals surface area (Å²) in [7, 11) is 0. The Labute approximate surface area is 86.3 Å². The van der Waals surface area contributed by atoms with Gasteiger partial charge in [0.05, 0.1) is 11.0 Å². The van der Waals surface area contributed by atoms with Gasteiger partial charge in [-0.1, -0.05) is 12.1 Å². The first-order chi connectivity index (χ1) is 7.25. The number of para-hydroxylation sites is 2. The van der Waals surface area contributed by atoms with Crippen LogP contribution in [0.4, 0.5) is 4.79 Å². The van der Waals surface area contributed by atoms with Crippen LogP contribution >= 0.6 is 0 Å². The number of amides is 1. The van der Waals surface area contributed by atoms with Crippen molar-refractivity contribution >= 4 is 17.1 Å². The molecule has 0 aliphatic rings. The summed E-state index contributed by atoms with van der Waals surface area (Å²) in [4.78, 5) is 17.8. The first kappa shape index (κ1) is 9.51. The minimum absolute atomic E-state index is 0.245. The van der Waals surface area contributed by atoms with Crippen molar-refractivity contribution in [1.82, 2.24) is 9.97 Å². The summed E-state index contributed by atoms with van der Waals surface area (Å²) in [6.45, 7) is 0.245. The van der Waals surface area contributed by atoms with Crippen molar-refractivity contribution in [2.24, 2.45) is 5.73 Å². The quantitative estimate of drug-likeness (QED) is 0.789. The van der Waals surface area contributed by atoms with E-state index in [0.29, 0.717) is 6.42 Å². The third-order valence-electron chi connectivity index (χ3n) is 2.02. The summed E-state index contributed by atoms with van der Waals surface area (Å²) in [5.74, 6) is 0.789. The minimum atomic E-state index is -0.758. The van der Waals surface area contributed by atoms with E-state index >= 15 is 0 Å². The highest BCUT2D eigenvalue weighted by Crippen LogP contribution is 2.10. The normalized spacial score (nSPS) is 10.4. The Morgan fingerprint density at radius 2 is 2.27 bits per heavy atom. The molecule has 0 saturated carbocycles. The SMILES string of the molecule is NC(=O)OCCc1nc2ccccc2[nH]1. The van der Waals surface area contributed by atoms with Crippen molar-refractivity contribution in [3.05, 3.63) is 30.1 Å². The van der Waals surface area contributed by atoms with E-state index in [1.54, 1.807) is 0 Å². The summed E-state index contributed by atoms with van der Waals surface area (Å²) in [6.07, 6.45) is -0.219. The van der Waals surface area contributed by atoms with Gasteiger partial charge in [0, 0.05) is 6.42 Å². The van der Waals surface area contributed by atoms with Crippen molar-refractivity contribution in [2.75, 3.05) is 6.61 Å². The number of aromatic amines is 1. The van der Waals surface area contributed by atoms with Crippen LogP contribution in [0.3, 0.4) is 0 Å². The van der Waals surface area contributed by atoms with Gasteiger partial charge >= 0.3 is 6.09 Å². The number of imidazole rings is 1. The lowest BCUT2D eigenvalue weighted by atomic mass is 10.3. The Kier molecular flexibility index (Phi) is 2.53. The molecule has 0 aliphatic heterocycles. The highest BCUT2D eigenvalue weighted by Gasteiger charge is 2.02. The number of carbonyl (C=O) groups is 1. The highest BCUT2D eigenvalue weighted by molar-refractivity contribution is 5.74. The van der Waals surface area contributed by atoms with Crippen LogP contribution in [0.25, 0.3) is 11.0 Å². The summed E-state index contributed by atoms with van der Waals surface area (Å²) in [6, 6.07) is 7.72. The predicted molar refractivity (Wildman–Crippen MR) is 55.3 cm³/mol. The number of nitrogens with zero attached hydrogens (tertiary/aromatic N) is 1. The number of nitrogens with two attached hydrogens (primary N) is 1. The van der Waals surface area contributed by atoms with Gasteiger partial charge in [-0.05, 0) is 12.1 Å². The number of primary amides is 1. The summed E-state index contributed by atoms with van der Waals surface area (Å²) < 4.78 is 4.62. The highest BCUT2D eigenvalue weighted by atomic mass is 16.5. The number of ether oxygens (including phenoxy) is 1. The van der Waals surface area contributed by atoms with Crippen LogP contribution in [0.1, 0.15) is 5.82 Å². The van der Waals surface area contributed by atoms with Crippen LogP contribution in [0.5, 0.6) is 0 Å². The molecule has 78 valence electrons. The maximum atomic E-state index is 10.3. The molecule has 0 bridgehead atoms. The number of hydrogen-bond donors (Lipinski definition) is 2. The Morgan fingerprint density at radius 1 is 1.47 bits per heavy atom. The van der Waals surface area contributed by atoms with Crippen LogP contribution in [0.15, 0.2) is 24.3 Å². The molecule has 0 aliphatic carbocycles. The minimum Gasteiger partial charge on any atom is -0.449 e. The van der Waals surface area contributed by atoms with Crippen LogP contribution in [-0.4, -0.2) is 22.7 Å². The second-order valence-corrected chi connectivity index (χ2v) is 3.12. The molecule has 0 radical (unpaired) electrons. The average Bonchev–Trinajstić information content (AvgIpc) is 2.59. The van der Waals surface area contributed by atoms with E-state index < -0.39 is 6.09 Å². The average molecular weight is 205 g/mol. The number of fused-ring (bicyclic) bond motifs is 1. The first-order valence-electron chi connectivity index (χ1n) is 4.61. The topological polar surface area (TPSA) is 81.0 Å². The van der Waals surface area contributed by atoms with E-state index in [-0.39, 0.29) is 6.61 Å². The van der Waals surface area contributed by atoms with Crippen molar-refractivity contribution in [2.45, 2.75) is 6.42 Å². The number of aromatic nitrogens is 2. The Morgan fingerprint density at radius 3 is 3.00 bits per heavy atom. The molecule has 2 aromatic rings. The number of H-pyrrole nitrogens is 1. The van der Waals surface area contributed by atoms with Gasteiger partial charge in [-0.2, -0.15) is 0 Å². The number of rotatable bonds is 3. The van der Waals surface area contributed by atoms with E-state index in [2.05, 4.69) is 14.7 Å². The molecule has 2 rings (SSSR count). The number of nitrogens with one attached hydrogen (secondary N) is 1. The monoisotopic (exact) mass is 205 g/mol. The van der Waals surface area contributed by atoms with Gasteiger partial charge < -0.3 is 15.5 Å². The molecule has 1 aromatic heterocycles. The van der Waals surface area contributed by atoms with Crippen LogP contribution in [-0.2, 0) is 11.2 Å². The number of benzene rings is 1. The molecule has 1 amide bonds. The Bertz CT molecular complexity index is 445. The molecule has 5 heteroatoms. The van der Waals surface area contributed by atoms with Gasteiger partial charge in [0.1, 0.15) is 12.4 Å². The standard InChI is InChI=1S/C10H11N3O2/c11-10(14)15-6-5-9-12-7-3-1-2-4-8(7)13-9/h1-4H,5-6H2,(H2,11,14)(H,12,13). The van der Waals surface area contributed by atoms with Crippen LogP contribution < -0.4 is 5.73 Å². The molecular weight excluding hydrogens is 194 g/mol. The molecule has 0 atom stereocenters. The lowest BCUT2D eigenvalue weighted by Gasteiger charge is -1.97. The number of carbonyl (C=O) groups excluding carboxylic acids is 1. The molecule has 0 spiro atoms. The van der Waals surface area contributed by atoms with Gasteiger partial charge in [0.2, 0.25) is 0 Å². The fourth-order valence-corrected chi connectivity index (χ4v) is 1.37. The van der Waals surface area contributed by atoms with E-state index in [1.807, 2.05) is 24.3 Å². The van der Waals surface area contributed by atoms with Crippen molar-refractivity contribution in [3.8, 4) is 0 Å². The van der Waals surface area contributed by atoms with Gasteiger partial charge in [-0.3, -0.25) is 0 Å². The lowest BCUT2D eigenvalue weighted by Crippen LogP contribution is -2.15. The van der Waals surface area contributed by atoms with Crippen molar-refractivity contribution < 1.29 is 9.53 Å². The molecule has 0 fully saturated rings. The van der Waals surface area contributed by atoms with E-state index in [0.717, 1.165) is 16.9 Å². The zero-order valence-electron chi connectivity index (χ0n) is 8.06. The maximum absolute atomic E-state index is 10.3. The zero-order valence-corrected chi connectivity index (χ0v) is 8.06. The van der Waals surface area contributed by atoms with Crippen LogP contribution in [0.2, 0.25) is 0 Å². The molecule has 15 heavy (non-hydrogen) atoms. The van der Waals surface area contributed by atoms with Gasteiger partial charge in [0.15, 0.2) is 0 Å².